The predicted octanol–water partition coefficient (Wildman–Crippen LogP) is 1.93. The Morgan fingerprint density at radius 3 is 2.94 bits per heavy atom. The molecule has 0 bridgehead atoms. The standard InChI is InChI=1S/C12H21O4/c1-3-11(13)15-8-10(2)9-16-12-6-4-5-7-14-12/h10,12H,2-9H2,1H3. The number of rotatable bonds is 6. The van der Waals surface area contributed by atoms with E-state index in [1.165, 1.54) is 0 Å². The number of ether oxygens (including phenoxy) is 3. The van der Waals surface area contributed by atoms with Gasteiger partial charge >= 0.3 is 5.97 Å². The van der Waals surface area contributed by atoms with Gasteiger partial charge < -0.3 is 14.2 Å². The van der Waals surface area contributed by atoms with Crippen molar-refractivity contribution in [3.63, 3.8) is 0 Å². The highest BCUT2D eigenvalue weighted by molar-refractivity contribution is 5.68. The fourth-order valence-electron chi connectivity index (χ4n) is 1.45. The molecule has 2 unspecified atom stereocenters. The summed E-state index contributed by atoms with van der Waals surface area (Å²) < 4.78 is 15.9. The molecule has 0 aromatic rings. The third-order valence-electron chi connectivity index (χ3n) is 2.42. The number of carbonyl (C=O) groups excluding carboxylic acids is 1. The average Bonchev–Trinajstić information content (AvgIpc) is 2.34. The lowest BCUT2D eigenvalue weighted by molar-refractivity contribution is -0.170. The minimum atomic E-state index is -0.192. The normalized spacial score (nSPS) is 22.8. The van der Waals surface area contributed by atoms with Crippen molar-refractivity contribution in [3.05, 3.63) is 6.92 Å². The molecule has 0 N–H and O–H groups in total. The molecule has 1 saturated heterocycles. The van der Waals surface area contributed by atoms with E-state index in [4.69, 9.17) is 14.2 Å². The predicted molar refractivity (Wildman–Crippen MR) is 59.6 cm³/mol. The maximum atomic E-state index is 10.9. The van der Waals surface area contributed by atoms with Crippen LogP contribution in [0.3, 0.4) is 0 Å². The second-order valence-electron chi connectivity index (χ2n) is 4.03. The quantitative estimate of drug-likeness (QED) is 0.653. The van der Waals surface area contributed by atoms with Gasteiger partial charge in [0.15, 0.2) is 6.29 Å². The highest BCUT2D eigenvalue weighted by Crippen LogP contribution is 2.14. The number of esters is 1. The Labute approximate surface area is 97.2 Å². The summed E-state index contributed by atoms with van der Waals surface area (Å²) in [4.78, 5) is 10.9. The molecule has 1 radical (unpaired) electrons. The summed E-state index contributed by atoms with van der Waals surface area (Å²) in [7, 11) is 0. The first-order chi connectivity index (χ1) is 7.72. The third-order valence-corrected chi connectivity index (χ3v) is 2.42. The summed E-state index contributed by atoms with van der Waals surface area (Å²) in [6.45, 7) is 7.21. The Balaban J connectivity index is 2.04. The van der Waals surface area contributed by atoms with Crippen LogP contribution in [0, 0.1) is 12.8 Å². The Bertz CT molecular complexity index is 199. The highest BCUT2D eigenvalue weighted by Gasteiger charge is 2.15. The smallest absolute Gasteiger partial charge is 0.305 e. The van der Waals surface area contributed by atoms with Gasteiger partial charge in [-0.15, -0.1) is 0 Å². The fourth-order valence-corrected chi connectivity index (χ4v) is 1.45. The lowest BCUT2D eigenvalue weighted by Gasteiger charge is -2.24. The Morgan fingerprint density at radius 1 is 1.50 bits per heavy atom. The van der Waals surface area contributed by atoms with Gasteiger partial charge in [0.1, 0.15) is 0 Å². The van der Waals surface area contributed by atoms with Crippen LogP contribution in [-0.4, -0.2) is 32.1 Å². The van der Waals surface area contributed by atoms with Crippen molar-refractivity contribution in [3.8, 4) is 0 Å². The summed E-state index contributed by atoms with van der Waals surface area (Å²) in [5.74, 6) is -0.219. The molecule has 1 heterocycles. The zero-order valence-electron chi connectivity index (χ0n) is 9.94. The van der Waals surface area contributed by atoms with Crippen LogP contribution in [0.1, 0.15) is 32.6 Å². The zero-order chi connectivity index (χ0) is 11.8. The molecule has 0 aromatic heterocycles. The molecule has 1 aliphatic heterocycles. The van der Waals surface area contributed by atoms with Crippen LogP contribution in [0.2, 0.25) is 0 Å². The summed E-state index contributed by atoms with van der Waals surface area (Å²) in [5.41, 5.74) is 0. The molecule has 1 aliphatic rings. The molecular formula is C12H21O4. The topological polar surface area (TPSA) is 44.8 Å². The van der Waals surface area contributed by atoms with E-state index >= 15 is 0 Å². The van der Waals surface area contributed by atoms with Gasteiger partial charge in [-0.3, -0.25) is 4.79 Å². The number of carbonyl (C=O) groups is 1. The van der Waals surface area contributed by atoms with E-state index in [1.807, 2.05) is 0 Å². The van der Waals surface area contributed by atoms with E-state index in [2.05, 4.69) is 6.92 Å². The molecule has 4 heteroatoms. The highest BCUT2D eigenvalue weighted by atomic mass is 16.7. The van der Waals surface area contributed by atoms with Crippen LogP contribution in [0.25, 0.3) is 0 Å². The van der Waals surface area contributed by atoms with Gasteiger partial charge in [0.2, 0.25) is 0 Å². The van der Waals surface area contributed by atoms with E-state index in [-0.39, 0.29) is 18.2 Å². The first-order valence-corrected chi connectivity index (χ1v) is 5.94. The molecule has 2 atom stereocenters. The van der Waals surface area contributed by atoms with Crippen LogP contribution in [0.15, 0.2) is 0 Å². The van der Waals surface area contributed by atoms with Crippen LogP contribution >= 0.6 is 0 Å². The van der Waals surface area contributed by atoms with Crippen LogP contribution in [0.5, 0.6) is 0 Å². The van der Waals surface area contributed by atoms with Gasteiger partial charge in [-0.1, -0.05) is 6.92 Å². The Morgan fingerprint density at radius 2 is 2.31 bits per heavy atom. The lowest BCUT2D eigenvalue weighted by Crippen LogP contribution is -2.26. The van der Waals surface area contributed by atoms with Crippen LogP contribution in [-0.2, 0) is 19.0 Å². The molecule has 16 heavy (non-hydrogen) atoms. The summed E-state index contributed by atoms with van der Waals surface area (Å²) in [6, 6.07) is 0. The van der Waals surface area contributed by atoms with E-state index in [0.717, 1.165) is 25.9 Å². The minimum Gasteiger partial charge on any atom is -0.465 e. The van der Waals surface area contributed by atoms with Crippen LogP contribution < -0.4 is 0 Å². The molecule has 93 valence electrons. The molecule has 0 aliphatic carbocycles. The van der Waals surface area contributed by atoms with Crippen molar-refractivity contribution in [2.75, 3.05) is 19.8 Å². The van der Waals surface area contributed by atoms with Crippen molar-refractivity contribution in [2.24, 2.45) is 5.92 Å². The molecule has 1 rings (SSSR count). The largest absolute Gasteiger partial charge is 0.465 e. The van der Waals surface area contributed by atoms with E-state index in [0.29, 0.717) is 19.6 Å². The number of hydrogen-bond donors (Lipinski definition) is 0. The van der Waals surface area contributed by atoms with Gasteiger partial charge in [0.05, 0.1) is 13.2 Å². The van der Waals surface area contributed by atoms with Crippen molar-refractivity contribution in [1.29, 1.82) is 0 Å². The SMILES string of the molecule is [CH2]C(COC(=O)CC)COC1CCCCO1. The van der Waals surface area contributed by atoms with E-state index < -0.39 is 0 Å². The maximum absolute atomic E-state index is 10.9. The van der Waals surface area contributed by atoms with Gasteiger partial charge in [-0.05, 0) is 26.2 Å². The Hall–Kier alpha value is -0.610. The third kappa shape index (κ3) is 5.47. The molecule has 1 fully saturated rings. The van der Waals surface area contributed by atoms with Crippen molar-refractivity contribution in [1.82, 2.24) is 0 Å². The minimum absolute atomic E-state index is 0.0268. The summed E-state index contributed by atoms with van der Waals surface area (Å²) in [6.07, 6.45) is 3.51. The molecule has 0 saturated carbocycles. The molecule has 4 nitrogen and oxygen atoms in total. The second-order valence-corrected chi connectivity index (χ2v) is 4.03. The first-order valence-electron chi connectivity index (χ1n) is 5.94. The molecule has 0 aromatic carbocycles. The van der Waals surface area contributed by atoms with Crippen LogP contribution in [0.4, 0.5) is 0 Å². The lowest BCUT2D eigenvalue weighted by atomic mass is 10.2. The molecule has 0 amide bonds. The number of hydrogen-bond acceptors (Lipinski definition) is 4. The average molecular weight is 229 g/mol. The first kappa shape index (κ1) is 13.5. The summed E-state index contributed by atoms with van der Waals surface area (Å²) >= 11 is 0. The van der Waals surface area contributed by atoms with Gasteiger partial charge in [0, 0.05) is 18.9 Å². The van der Waals surface area contributed by atoms with Crippen molar-refractivity contribution >= 4 is 5.97 Å². The van der Waals surface area contributed by atoms with Gasteiger partial charge in [-0.2, -0.15) is 0 Å². The van der Waals surface area contributed by atoms with E-state index in [9.17, 15) is 4.79 Å². The fraction of sp³-hybridized carbons (Fsp3) is 0.833. The van der Waals surface area contributed by atoms with Crippen molar-refractivity contribution in [2.45, 2.75) is 38.9 Å². The van der Waals surface area contributed by atoms with Crippen molar-refractivity contribution < 1.29 is 19.0 Å². The Kier molecular flexibility index (Phi) is 6.42. The maximum Gasteiger partial charge on any atom is 0.305 e. The molecule has 0 spiro atoms. The van der Waals surface area contributed by atoms with Gasteiger partial charge in [-0.25, -0.2) is 0 Å². The molecular weight excluding hydrogens is 208 g/mol. The summed E-state index contributed by atoms with van der Waals surface area (Å²) in [5, 5.41) is 0. The monoisotopic (exact) mass is 229 g/mol. The zero-order valence-corrected chi connectivity index (χ0v) is 9.94. The second kappa shape index (κ2) is 7.63. The van der Waals surface area contributed by atoms with Gasteiger partial charge in [0.25, 0.3) is 0 Å². The van der Waals surface area contributed by atoms with E-state index in [1.54, 1.807) is 6.92 Å².